The van der Waals surface area contributed by atoms with Crippen molar-refractivity contribution < 1.29 is 4.79 Å². The molecule has 0 bridgehead atoms. The molecule has 0 spiro atoms. The summed E-state index contributed by atoms with van der Waals surface area (Å²) in [6.45, 7) is 0. The summed E-state index contributed by atoms with van der Waals surface area (Å²) in [4.78, 5) is 14.6. The maximum absolute atomic E-state index is 12.0. The number of hydrogen-bond donors (Lipinski definition) is 1. The van der Waals surface area contributed by atoms with E-state index in [4.69, 9.17) is 11.6 Å². The lowest BCUT2D eigenvalue weighted by atomic mass is 10.2. The Morgan fingerprint density at radius 2 is 2.06 bits per heavy atom. The topological polar surface area (TPSA) is 32.3 Å². The van der Waals surface area contributed by atoms with Crippen LogP contribution in [-0.4, -0.2) is 20.0 Å². The number of halogens is 1. The SMILES string of the molecule is CN(C)c1c(Cl)cccc1NC(=O)c1cccs1. The molecule has 3 nitrogen and oxygen atoms in total. The Bertz CT molecular complexity index is 552. The molecule has 18 heavy (non-hydrogen) atoms. The predicted octanol–water partition coefficient (Wildman–Crippen LogP) is 3.72. The molecule has 2 rings (SSSR count). The molecule has 0 unspecified atom stereocenters. The number of nitrogens with one attached hydrogen (secondary N) is 1. The maximum Gasteiger partial charge on any atom is 0.265 e. The van der Waals surface area contributed by atoms with Crippen LogP contribution in [0.4, 0.5) is 11.4 Å². The second kappa shape index (κ2) is 5.42. The van der Waals surface area contributed by atoms with Crippen molar-refractivity contribution in [2.75, 3.05) is 24.3 Å². The van der Waals surface area contributed by atoms with E-state index in [-0.39, 0.29) is 5.91 Å². The van der Waals surface area contributed by atoms with Gasteiger partial charge >= 0.3 is 0 Å². The fourth-order valence-electron chi connectivity index (χ4n) is 1.66. The maximum atomic E-state index is 12.0. The highest BCUT2D eigenvalue weighted by molar-refractivity contribution is 7.12. The number of rotatable bonds is 3. The van der Waals surface area contributed by atoms with Crippen molar-refractivity contribution in [3.8, 4) is 0 Å². The number of hydrogen-bond acceptors (Lipinski definition) is 3. The zero-order valence-corrected chi connectivity index (χ0v) is 11.7. The minimum absolute atomic E-state index is 0.115. The van der Waals surface area contributed by atoms with Crippen molar-refractivity contribution in [1.29, 1.82) is 0 Å². The second-order valence-corrected chi connectivity index (χ2v) is 5.32. The summed E-state index contributed by atoms with van der Waals surface area (Å²) < 4.78 is 0. The Morgan fingerprint density at radius 3 is 2.67 bits per heavy atom. The van der Waals surface area contributed by atoms with Crippen LogP contribution in [0.1, 0.15) is 9.67 Å². The quantitative estimate of drug-likeness (QED) is 0.929. The standard InChI is InChI=1S/C13H13ClN2OS/c1-16(2)12-9(14)5-3-6-10(12)15-13(17)11-7-4-8-18-11/h3-8H,1-2H3,(H,15,17). The van der Waals surface area contributed by atoms with Gasteiger partial charge in [0.05, 0.1) is 21.3 Å². The molecule has 1 aromatic carbocycles. The van der Waals surface area contributed by atoms with Gasteiger partial charge in [-0.15, -0.1) is 11.3 Å². The molecule has 1 heterocycles. The first-order chi connectivity index (χ1) is 8.59. The van der Waals surface area contributed by atoms with Gasteiger partial charge in [-0.3, -0.25) is 4.79 Å². The van der Waals surface area contributed by atoms with Crippen LogP contribution in [-0.2, 0) is 0 Å². The molecule has 1 aromatic heterocycles. The van der Waals surface area contributed by atoms with Gasteiger partial charge in [0.25, 0.3) is 5.91 Å². The molecule has 0 aliphatic rings. The lowest BCUT2D eigenvalue weighted by Crippen LogP contribution is -2.16. The van der Waals surface area contributed by atoms with Crippen LogP contribution < -0.4 is 10.2 Å². The average molecular weight is 281 g/mol. The van der Waals surface area contributed by atoms with Gasteiger partial charge in [0.2, 0.25) is 0 Å². The smallest absolute Gasteiger partial charge is 0.265 e. The number of nitrogens with zero attached hydrogens (tertiary/aromatic N) is 1. The molecule has 5 heteroatoms. The van der Waals surface area contributed by atoms with Gasteiger partial charge in [0, 0.05) is 14.1 Å². The van der Waals surface area contributed by atoms with Crippen LogP contribution in [0.2, 0.25) is 5.02 Å². The number of anilines is 2. The van der Waals surface area contributed by atoms with Crippen LogP contribution in [0.15, 0.2) is 35.7 Å². The molecule has 1 amide bonds. The van der Waals surface area contributed by atoms with E-state index >= 15 is 0 Å². The van der Waals surface area contributed by atoms with Crippen molar-refractivity contribution in [3.05, 3.63) is 45.6 Å². The summed E-state index contributed by atoms with van der Waals surface area (Å²) in [5.74, 6) is -0.115. The van der Waals surface area contributed by atoms with Crippen molar-refractivity contribution in [2.45, 2.75) is 0 Å². The molecule has 94 valence electrons. The largest absolute Gasteiger partial charge is 0.375 e. The van der Waals surface area contributed by atoms with Gasteiger partial charge in [-0.2, -0.15) is 0 Å². The fourth-order valence-corrected chi connectivity index (χ4v) is 2.62. The van der Waals surface area contributed by atoms with Gasteiger partial charge in [-0.1, -0.05) is 23.7 Å². The zero-order chi connectivity index (χ0) is 13.1. The number of carbonyl (C=O) groups excluding carboxylic acids is 1. The van der Waals surface area contributed by atoms with Crippen molar-refractivity contribution in [1.82, 2.24) is 0 Å². The van der Waals surface area contributed by atoms with E-state index in [1.807, 2.05) is 42.6 Å². The minimum atomic E-state index is -0.115. The van der Waals surface area contributed by atoms with Gasteiger partial charge in [-0.25, -0.2) is 0 Å². The van der Waals surface area contributed by atoms with Gasteiger partial charge in [0.15, 0.2) is 0 Å². The molecule has 1 N–H and O–H groups in total. The summed E-state index contributed by atoms with van der Waals surface area (Å²) in [7, 11) is 3.78. The summed E-state index contributed by atoms with van der Waals surface area (Å²) in [5.41, 5.74) is 1.52. The third-order valence-corrected chi connectivity index (χ3v) is 3.60. The highest BCUT2D eigenvalue weighted by Gasteiger charge is 2.13. The lowest BCUT2D eigenvalue weighted by molar-refractivity contribution is 0.103. The molecule has 0 saturated carbocycles. The van der Waals surface area contributed by atoms with Crippen LogP contribution >= 0.6 is 22.9 Å². The highest BCUT2D eigenvalue weighted by atomic mass is 35.5. The Kier molecular flexibility index (Phi) is 3.89. The number of benzene rings is 1. The lowest BCUT2D eigenvalue weighted by Gasteiger charge is -2.19. The molecular formula is C13H13ClN2OS. The van der Waals surface area contributed by atoms with Crippen molar-refractivity contribution in [3.63, 3.8) is 0 Å². The molecule has 0 aliphatic carbocycles. The van der Waals surface area contributed by atoms with Crippen LogP contribution in [0, 0.1) is 0 Å². The Hall–Kier alpha value is -1.52. The van der Waals surface area contributed by atoms with Crippen LogP contribution in [0.25, 0.3) is 0 Å². The fraction of sp³-hybridized carbons (Fsp3) is 0.154. The number of carbonyl (C=O) groups is 1. The summed E-state index contributed by atoms with van der Waals surface area (Å²) >= 11 is 7.55. The molecule has 0 fully saturated rings. The van der Waals surface area contributed by atoms with Crippen molar-refractivity contribution in [2.24, 2.45) is 0 Å². The third kappa shape index (κ3) is 2.66. The molecule has 0 aliphatic heterocycles. The summed E-state index contributed by atoms with van der Waals surface area (Å²) in [5, 5.41) is 5.37. The summed E-state index contributed by atoms with van der Waals surface area (Å²) in [6.07, 6.45) is 0. The van der Waals surface area contributed by atoms with E-state index < -0.39 is 0 Å². The van der Waals surface area contributed by atoms with Gasteiger partial charge < -0.3 is 10.2 Å². The number of thiophene rings is 1. The third-order valence-electron chi connectivity index (χ3n) is 2.43. The Balaban J connectivity index is 2.29. The van der Waals surface area contributed by atoms with E-state index in [1.165, 1.54) is 11.3 Å². The van der Waals surface area contributed by atoms with E-state index in [0.717, 1.165) is 5.69 Å². The Morgan fingerprint density at radius 1 is 1.28 bits per heavy atom. The first-order valence-electron chi connectivity index (χ1n) is 5.40. The van der Waals surface area contributed by atoms with Crippen LogP contribution in [0.5, 0.6) is 0 Å². The van der Waals surface area contributed by atoms with Crippen LogP contribution in [0.3, 0.4) is 0 Å². The van der Waals surface area contributed by atoms with E-state index in [0.29, 0.717) is 15.6 Å². The second-order valence-electron chi connectivity index (χ2n) is 3.96. The normalized spacial score (nSPS) is 10.2. The average Bonchev–Trinajstić information content (AvgIpc) is 2.81. The van der Waals surface area contributed by atoms with Gasteiger partial charge in [0.1, 0.15) is 0 Å². The Labute approximate surface area is 115 Å². The number of amides is 1. The summed E-state index contributed by atoms with van der Waals surface area (Å²) in [6, 6.07) is 9.11. The van der Waals surface area contributed by atoms with Crippen molar-refractivity contribution >= 4 is 40.2 Å². The zero-order valence-electron chi connectivity index (χ0n) is 10.1. The first kappa shape index (κ1) is 12.9. The monoisotopic (exact) mass is 280 g/mol. The molecule has 0 atom stereocenters. The highest BCUT2D eigenvalue weighted by Crippen LogP contribution is 2.32. The first-order valence-corrected chi connectivity index (χ1v) is 6.66. The minimum Gasteiger partial charge on any atom is -0.375 e. The molecular weight excluding hydrogens is 268 g/mol. The van der Waals surface area contributed by atoms with Gasteiger partial charge in [-0.05, 0) is 23.6 Å². The number of para-hydroxylation sites is 1. The molecule has 0 saturated heterocycles. The molecule has 2 aromatic rings. The molecule has 0 radical (unpaired) electrons. The van der Waals surface area contributed by atoms with E-state index in [9.17, 15) is 4.79 Å². The predicted molar refractivity (Wildman–Crippen MR) is 78.1 cm³/mol. The van der Waals surface area contributed by atoms with E-state index in [2.05, 4.69) is 5.32 Å². The van der Waals surface area contributed by atoms with E-state index in [1.54, 1.807) is 12.1 Å².